The number of aromatic nitrogens is 5. The molecule has 0 unspecified atom stereocenters. The van der Waals surface area contributed by atoms with Gasteiger partial charge >= 0.3 is 0 Å². The van der Waals surface area contributed by atoms with Gasteiger partial charge in [0.25, 0.3) is 0 Å². The Labute approximate surface area is 160 Å². The number of furan rings is 1. The zero-order valence-electron chi connectivity index (χ0n) is 15.0. The van der Waals surface area contributed by atoms with Crippen LogP contribution < -0.4 is 5.73 Å². The third kappa shape index (κ3) is 2.92. The molecular weight excluding hydrogens is 352 g/mol. The molecule has 0 atom stereocenters. The lowest BCUT2D eigenvalue weighted by atomic mass is 10.0. The van der Waals surface area contributed by atoms with Crippen molar-refractivity contribution in [3.05, 3.63) is 72.6 Å². The van der Waals surface area contributed by atoms with Crippen LogP contribution in [0.25, 0.3) is 33.7 Å². The lowest BCUT2D eigenvalue weighted by Crippen LogP contribution is -2.03. The molecule has 0 saturated carbocycles. The Hall–Kier alpha value is -3.87. The minimum Gasteiger partial charge on any atom is -0.461 e. The van der Waals surface area contributed by atoms with Gasteiger partial charge in [0.05, 0.1) is 11.8 Å². The number of aryl methyl sites for hydroxylation is 2. The number of rotatable bonds is 5. The van der Waals surface area contributed by atoms with E-state index in [1.54, 1.807) is 12.3 Å². The zero-order chi connectivity index (χ0) is 18.9. The van der Waals surface area contributed by atoms with E-state index < -0.39 is 0 Å². The largest absolute Gasteiger partial charge is 0.461 e. The van der Waals surface area contributed by atoms with Gasteiger partial charge in [-0.1, -0.05) is 42.5 Å². The third-order valence-corrected chi connectivity index (χ3v) is 4.76. The van der Waals surface area contributed by atoms with E-state index >= 15 is 0 Å². The lowest BCUT2D eigenvalue weighted by Gasteiger charge is -2.06. The number of nitrogen functional groups attached to an aromatic ring is 1. The van der Waals surface area contributed by atoms with Crippen molar-refractivity contribution in [3.8, 4) is 23.0 Å². The van der Waals surface area contributed by atoms with Crippen molar-refractivity contribution < 1.29 is 4.42 Å². The van der Waals surface area contributed by atoms with E-state index in [2.05, 4.69) is 62.7 Å². The number of aromatic amines is 1. The topological polar surface area (TPSA) is 98.5 Å². The minimum absolute atomic E-state index is 0.405. The van der Waals surface area contributed by atoms with E-state index in [1.807, 2.05) is 16.9 Å². The van der Waals surface area contributed by atoms with Gasteiger partial charge in [0, 0.05) is 12.7 Å². The molecule has 3 heterocycles. The summed E-state index contributed by atoms with van der Waals surface area (Å²) in [7, 11) is 0. The monoisotopic (exact) mass is 370 g/mol. The third-order valence-electron chi connectivity index (χ3n) is 4.76. The predicted molar refractivity (Wildman–Crippen MR) is 107 cm³/mol. The first-order chi connectivity index (χ1) is 13.8. The molecule has 0 aliphatic carbocycles. The Morgan fingerprint density at radius 3 is 2.82 bits per heavy atom. The van der Waals surface area contributed by atoms with Gasteiger partial charge in [-0.3, -0.25) is 9.78 Å². The molecule has 3 N–H and O–H groups in total. The van der Waals surface area contributed by atoms with Crippen molar-refractivity contribution in [1.29, 1.82) is 0 Å². The molecule has 0 amide bonds. The van der Waals surface area contributed by atoms with Crippen molar-refractivity contribution in [2.45, 2.75) is 13.0 Å². The van der Waals surface area contributed by atoms with Crippen LogP contribution in [0.3, 0.4) is 0 Å². The number of nitrogens with one attached hydrogen (secondary N) is 1. The fourth-order valence-corrected chi connectivity index (χ4v) is 3.37. The number of nitrogens with two attached hydrogens (primary N) is 1. The van der Waals surface area contributed by atoms with Crippen molar-refractivity contribution in [2.75, 3.05) is 5.73 Å². The molecule has 0 fully saturated rings. The molecule has 2 aromatic carbocycles. The standard InChI is InChI=1S/C21H18N6O/c22-19-17(20-23-21(25-24-20)18-9-4-12-28-18)13-27(26-19)11-10-15-7-3-6-14-5-1-2-8-16(14)15/h1-9,12-13H,10-11H2,(H2,22,26)(H,23,24,25). The second-order valence-electron chi connectivity index (χ2n) is 6.56. The van der Waals surface area contributed by atoms with Crippen molar-refractivity contribution >= 4 is 16.6 Å². The van der Waals surface area contributed by atoms with Crippen LogP contribution in [0.2, 0.25) is 0 Å². The van der Waals surface area contributed by atoms with Crippen LogP contribution >= 0.6 is 0 Å². The molecular formula is C21H18N6O. The summed E-state index contributed by atoms with van der Waals surface area (Å²) in [4.78, 5) is 4.46. The number of benzene rings is 2. The molecule has 0 aliphatic rings. The summed E-state index contributed by atoms with van der Waals surface area (Å²) in [6.45, 7) is 0.716. The van der Waals surface area contributed by atoms with Gasteiger partial charge < -0.3 is 10.2 Å². The summed E-state index contributed by atoms with van der Waals surface area (Å²) < 4.78 is 7.18. The molecule has 0 aliphatic heterocycles. The molecule has 0 bridgehead atoms. The van der Waals surface area contributed by atoms with E-state index in [1.165, 1.54) is 16.3 Å². The number of hydrogen-bond donors (Lipinski definition) is 2. The summed E-state index contributed by atoms with van der Waals surface area (Å²) in [6, 6.07) is 18.4. The van der Waals surface area contributed by atoms with Gasteiger partial charge in [0.2, 0.25) is 0 Å². The first-order valence-corrected chi connectivity index (χ1v) is 9.04. The van der Waals surface area contributed by atoms with Crippen molar-refractivity contribution in [3.63, 3.8) is 0 Å². The Bertz CT molecular complexity index is 1230. The van der Waals surface area contributed by atoms with E-state index in [9.17, 15) is 0 Å². The zero-order valence-corrected chi connectivity index (χ0v) is 15.0. The summed E-state index contributed by atoms with van der Waals surface area (Å²) in [5, 5.41) is 14.1. The Morgan fingerprint density at radius 2 is 1.93 bits per heavy atom. The highest BCUT2D eigenvalue weighted by molar-refractivity contribution is 5.85. The van der Waals surface area contributed by atoms with E-state index in [-0.39, 0.29) is 0 Å². The molecule has 28 heavy (non-hydrogen) atoms. The quantitative estimate of drug-likeness (QED) is 0.489. The lowest BCUT2D eigenvalue weighted by molar-refractivity contribution is 0.577. The Kier molecular flexibility index (Phi) is 3.90. The number of hydrogen-bond acceptors (Lipinski definition) is 5. The number of anilines is 1. The van der Waals surface area contributed by atoms with Crippen LogP contribution in [-0.2, 0) is 13.0 Å². The smallest absolute Gasteiger partial charge is 0.192 e. The molecule has 7 heteroatoms. The summed E-state index contributed by atoms with van der Waals surface area (Å²) in [5.74, 6) is 2.09. The molecule has 3 aromatic heterocycles. The van der Waals surface area contributed by atoms with Crippen LogP contribution in [0.4, 0.5) is 5.82 Å². The van der Waals surface area contributed by atoms with Crippen LogP contribution in [-0.4, -0.2) is 25.0 Å². The molecule has 138 valence electrons. The molecule has 0 spiro atoms. The molecule has 5 aromatic rings. The first-order valence-electron chi connectivity index (χ1n) is 9.04. The van der Waals surface area contributed by atoms with Gasteiger partial charge in [-0.15, -0.1) is 0 Å². The Morgan fingerprint density at radius 1 is 1.04 bits per heavy atom. The maximum atomic E-state index is 6.11. The van der Waals surface area contributed by atoms with E-state index in [0.717, 1.165) is 6.42 Å². The number of H-pyrrole nitrogens is 1. The van der Waals surface area contributed by atoms with Crippen LogP contribution in [0, 0.1) is 0 Å². The first kappa shape index (κ1) is 16.3. The summed E-state index contributed by atoms with van der Waals surface area (Å²) >= 11 is 0. The second-order valence-corrected chi connectivity index (χ2v) is 6.56. The van der Waals surface area contributed by atoms with Crippen LogP contribution in [0.1, 0.15) is 5.56 Å². The molecule has 5 rings (SSSR count). The highest BCUT2D eigenvalue weighted by atomic mass is 16.3. The van der Waals surface area contributed by atoms with E-state index in [0.29, 0.717) is 35.3 Å². The van der Waals surface area contributed by atoms with Crippen LogP contribution in [0.5, 0.6) is 0 Å². The maximum absolute atomic E-state index is 6.11. The Balaban J connectivity index is 1.38. The van der Waals surface area contributed by atoms with Gasteiger partial charge in [-0.05, 0) is 34.9 Å². The molecule has 7 nitrogen and oxygen atoms in total. The second kappa shape index (κ2) is 6.70. The molecule has 0 saturated heterocycles. The predicted octanol–water partition coefficient (Wildman–Crippen LogP) is 3.91. The molecule has 0 radical (unpaired) electrons. The van der Waals surface area contributed by atoms with Crippen molar-refractivity contribution in [2.24, 2.45) is 0 Å². The van der Waals surface area contributed by atoms with E-state index in [4.69, 9.17) is 10.2 Å². The normalized spacial score (nSPS) is 11.3. The van der Waals surface area contributed by atoms with Crippen molar-refractivity contribution in [1.82, 2.24) is 25.0 Å². The minimum atomic E-state index is 0.405. The van der Waals surface area contributed by atoms with Gasteiger partial charge in [0.15, 0.2) is 23.2 Å². The number of nitrogens with zero attached hydrogens (tertiary/aromatic N) is 4. The summed E-state index contributed by atoms with van der Waals surface area (Å²) in [5.41, 5.74) is 8.10. The summed E-state index contributed by atoms with van der Waals surface area (Å²) in [6.07, 6.45) is 4.33. The average Bonchev–Trinajstić information content (AvgIpc) is 3.46. The highest BCUT2D eigenvalue weighted by Gasteiger charge is 2.15. The average molecular weight is 370 g/mol. The highest BCUT2D eigenvalue weighted by Crippen LogP contribution is 2.25. The van der Waals surface area contributed by atoms with Gasteiger partial charge in [-0.2, -0.15) is 10.2 Å². The SMILES string of the molecule is Nc1nn(CCc2cccc3ccccc23)cc1-c1n[nH]c(-c2ccco2)n1. The van der Waals surface area contributed by atoms with Gasteiger partial charge in [0.1, 0.15) is 0 Å². The van der Waals surface area contributed by atoms with Crippen LogP contribution in [0.15, 0.2) is 71.5 Å². The fourth-order valence-electron chi connectivity index (χ4n) is 3.37. The fraction of sp³-hybridized carbons (Fsp3) is 0.0952. The maximum Gasteiger partial charge on any atom is 0.192 e. The number of fused-ring (bicyclic) bond motifs is 1. The van der Waals surface area contributed by atoms with Gasteiger partial charge in [-0.25, -0.2) is 4.98 Å².